The first-order valence-electron chi connectivity index (χ1n) is 6.34. The SMILES string of the molecule is Cc1ccccc1NC(=O)Cn1cccc(C(N)=S)c1=O. The molecule has 6 heteroatoms. The van der Waals surface area contributed by atoms with Crippen LogP contribution in [0.25, 0.3) is 0 Å². The molecule has 0 atom stereocenters. The average molecular weight is 301 g/mol. The number of rotatable bonds is 4. The summed E-state index contributed by atoms with van der Waals surface area (Å²) < 4.78 is 1.28. The number of hydrogen-bond acceptors (Lipinski definition) is 3. The van der Waals surface area contributed by atoms with E-state index < -0.39 is 0 Å². The van der Waals surface area contributed by atoms with E-state index in [1.54, 1.807) is 18.2 Å². The number of carbonyl (C=O) groups excluding carboxylic acids is 1. The summed E-state index contributed by atoms with van der Waals surface area (Å²) in [4.78, 5) is 24.1. The van der Waals surface area contributed by atoms with Gasteiger partial charge in [0.2, 0.25) is 5.91 Å². The number of aryl methyl sites for hydroxylation is 1. The summed E-state index contributed by atoms with van der Waals surface area (Å²) in [5, 5.41) is 2.77. The molecule has 5 nitrogen and oxygen atoms in total. The standard InChI is InChI=1S/C15H15N3O2S/c1-10-5-2-3-7-12(10)17-13(19)9-18-8-4-6-11(14(16)21)15(18)20/h2-8H,9H2,1H3,(H2,16,21)(H,17,19). The largest absolute Gasteiger partial charge is 0.389 e. The van der Waals surface area contributed by atoms with E-state index in [4.69, 9.17) is 18.0 Å². The highest BCUT2D eigenvalue weighted by atomic mass is 32.1. The molecular formula is C15H15N3O2S. The van der Waals surface area contributed by atoms with Crippen molar-refractivity contribution in [3.05, 3.63) is 64.1 Å². The predicted octanol–water partition coefficient (Wildman–Crippen LogP) is 1.43. The summed E-state index contributed by atoms with van der Waals surface area (Å²) >= 11 is 4.81. The number of carbonyl (C=O) groups is 1. The Labute approximate surface area is 127 Å². The van der Waals surface area contributed by atoms with Crippen LogP contribution < -0.4 is 16.6 Å². The van der Waals surface area contributed by atoms with Crippen LogP contribution in [0.5, 0.6) is 0 Å². The lowest BCUT2D eigenvalue weighted by molar-refractivity contribution is -0.116. The lowest BCUT2D eigenvalue weighted by Gasteiger charge is -2.10. The molecule has 1 aromatic heterocycles. The van der Waals surface area contributed by atoms with Gasteiger partial charge in [0, 0.05) is 11.9 Å². The molecule has 0 aliphatic carbocycles. The topological polar surface area (TPSA) is 77.1 Å². The highest BCUT2D eigenvalue weighted by molar-refractivity contribution is 7.80. The van der Waals surface area contributed by atoms with Crippen LogP contribution in [0.2, 0.25) is 0 Å². The molecule has 2 aromatic rings. The van der Waals surface area contributed by atoms with E-state index >= 15 is 0 Å². The number of hydrogen-bond donors (Lipinski definition) is 2. The Balaban J connectivity index is 2.18. The lowest BCUT2D eigenvalue weighted by Crippen LogP contribution is -2.32. The maximum Gasteiger partial charge on any atom is 0.261 e. The molecule has 0 saturated heterocycles. The van der Waals surface area contributed by atoms with Gasteiger partial charge in [-0.2, -0.15) is 0 Å². The summed E-state index contributed by atoms with van der Waals surface area (Å²) in [5.41, 5.74) is 7.01. The van der Waals surface area contributed by atoms with E-state index in [1.807, 2.05) is 25.1 Å². The molecule has 3 N–H and O–H groups in total. The first kappa shape index (κ1) is 14.9. The minimum Gasteiger partial charge on any atom is -0.389 e. The van der Waals surface area contributed by atoms with Gasteiger partial charge in [-0.15, -0.1) is 0 Å². The van der Waals surface area contributed by atoms with Crippen LogP contribution in [0.15, 0.2) is 47.4 Å². The molecule has 0 unspecified atom stereocenters. The summed E-state index contributed by atoms with van der Waals surface area (Å²) in [7, 11) is 0. The second-order valence-electron chi connectivity index (χ2n) is 4.58. The summed E-state index contributed by atoms with van der Waals surface area (Å²) in [6.45, 7) is 1.80. The molecule has 21 heavy (non-hydrogen) atoms. The van der Waals surface area contributed by atoms with Gasteiger partial charge in [-0.05, 0) is 30.7 Å². The Kier molecular flexibility index (Phi) is 4.49. The number of nitrogens with two attached hydrogens (primary N) is 1. The zero-order valence-electron chi connectivity index (χ0n) is 11.5. The minimum absolute atomic E-state index is 0.0219. The zero-order chi connectivity index (χ0) is 15.4. The van der Waals surface area contributed by atoms with Crippen molar-refractivity contribution >= 4 is 28.8 Å². The van der Waals surface area contributed by atoms with E-state index in [-0.39, 0.29) is 28.6 Å². The van der Waals surface area contributed by atoms with Gasteiger partial charge in [-0.25, -0.2) is 0 Å². The Bertz CT molecular complexity index is 753. The van der Waals surface area contributed by atoms with Crippen LogP contribution in [0.4, 0.5) is 5.69 Å². The molecular weight excluding hydrogens is 286 g/mol. The third-order valence-corrected chi connectivity index (χ3v) is 3.24. The van der Waals surface area contributed by atoms with E-state index in [9.17, 15) is 9.59 Å². The number of anilines is 1. The van der Waals surface area contributed by atoms with Crippen molar-refractivity contribution in [2.24, 2.45) is 5.73 Å². The lowest BCUT2D eigenvalue weighted by atomic mass is 10.2. The number of nitrogens with zero attached hydrogens (tertiary/aromatic N) is 1. The second kappa shape index (κ2) is 6.32. The van der Waals surface area contributed by atoms with Gasteiger partial charge in [0.15, 0.2) is 0 Å². The summed E-state index contributed by atoms with van der Waals surface area (Å²) in [6, 6.07) is 10.6. The fraction of sp³-hybridized carbons (Fsp3) is 0.133. The van der Waals surface area contributed by atoms with E-state index in [1.165, 1.54) is 10.8 Å². The number of benzene rings is 1. The molecule has 2 rings (SSSR count). The van der Waals surface area contributed by atoms with Crippen molar-refractivity contribution in [3.8, 4) is 0 Å². The van der Waals surface area contributed by atoms with Crippen LogP contribution in [-0.4, -0.2) is 15.5 Å². The van der Waals surface area contributed by atoms with Crippen LogP contribution in [0, 0.1) is 6.92 Å². The van der Waals surface area contributed by atoms with Gasteiger partial charge in [-0.3, -0.25) is 9.59 Å². The van der Waals surface area contributed by atoms with Gasteiger partial charge in [0.1, 0.15) is 11.5 Å². The van der Waals surface area contributed by atoms with Crippen molar-refractivity contribution in [2.45, 2.75) is 13.5 Å². The van der Waals surface area contributed by atoms with Gasteiger partial charge >= 0.3 is 0 Å². The molecule has 0 spiro atoms. The minimum atomic E-state index is -0.370. The van der Waals surface area contributed by atoms with E-state index in [0.717, 1.165) is 11.3 Å². The Hall–Kier alpha value is -2.47. The predicted molar refractivity (Wildman–Crippen MR) is 86.4 cm³/mol. The Morgan fingerprint density at radius 1 is 1.29 bits per heavy atom. The molecule has 0 bridgehead atoms. The first-order chi connectivity index (χ1) is 9.99. The number of amides is 1. The fourth-order valence-corrected chi connectivity index (χ4v) is 2.06. The monoisotopic (exact) mass is 301 g/mol. The molecule has 0 fully saturated rings. The Morgan fingerprint density at radius 2 is 2.00 bits per heavy atom. The van der Waals surface area contributed by atoms with Crippen molar-refractivity contribution in [1.82, 2.24) is 4.57 Å². The third kappa shape index (κ3) is 3.55. The van der Waals surface area contributed by atoms with Crippen LogP contribution in [-0.2, 0) is 11.3 Å². The van der Waals surface area contributed by atoms with Crippen molar-refractivity contribution in [1.29, 1.82) is 0 Å². The van der Waals surface area contributed by atoms with Crippen molar-refractivity contribution in [2.75, 3.05) is 5.32 Å². The van der Waals surface area contributed by atoms with E-state index in [2.05, 4.69) is 5.32 Å². The second-order valence-corrected chi connectivity index (χ2v) is 5.02. The smallest absolute Gasteiger partial charge is 0.261 e. The van der Waals surface area contributed by atoms with Gasteiger partial charge in [-0.1, -0.05) is 30.4 Å². The molecule has 0 saturated carbocycles. The summed E-state index contributed by atoms with van der Waals surface area (Å²) in [5.74, 6) is -0.286. The van der Waals surface area contributed by atoms with Gasteiger partial charge in [0.25, 0.3) is 5.56 Å². The number of para-hydroxylation sites is 1. The molecule has 1 aromatic carbocycles. The molecule has 1 heterocycles. The van der Waals surface area contributed by atoms with Crippen LogP contribution in [0.3, 0.4) is 0 Å². The number of pyridine rings is 1. The highest BCUT2D eigenvalue weighted by Crippen LogP contribution is 2.12. The number of nitrogens with one attached hydrogen (secondary N) is 1. The van der Waals surface area contributed by atoms with Gasteiger partial charge in [0.05, 0.1) is 5.56 Å². The van der Waals surface area contributed by atoms with E-state index in [0.29, 0.717) is 0 Å². The molecule has 0 aliphatic heterocycles. The molecule has 0 aliphatic rings. The molecule has 108 valence electrons. The van der Waals surface area contributed by atoms with Crippen molar-refractivity contribution < 1.29 is 4.79 Å². The fourth-order valence-electron chi connectivity index (χ4n) is 1.91. The van der Waals surface area contributed by atoms with Gasteiger partial charge < -0.3 is 15.6 Å². The normalized spacial score (nSPS) is 10.1. The van der Waals surface area contributed by atoms with Crippen LogP contribution in [0.1, 0.15) is 11.1 Å². The molecule has 0 radical (unpaired) electrons. The third-order valence-electron chi connectivity index (χ3n) is 3.02. The summed E-state index contributed by atoms with van der Waals surface area (Å²) in [6.07, 6.45) is 1.53. The Morgan fingerprint density at radius 3 is 2.67 bits per heavy atom. The maximum atomic E-state index is 12.1. The maximum absolute atomic E-state index is 12.1. The number of thiocarbonyl (C=S) groups is 1. The zero-order valence-corrected chi connectivity index (χ0v) is 12.3. The average Bonchev–Trinajstić information content (AvgIpc) is 2.43. The number of aromatic nitrogens is 1. The highest BCUT2D eigenvalue weighted by Gasteiger charge is 2.09. The van der Waals surface area contributed by atoms with Crippen LogP contribution >= 0.6 is 12.2 Å². The molecule has 1 amide bonds. The quantitative estimate of drug-likeness (QED) is 0.838. The first-order valence-corrected chi connectivity index (χ1v) is 6.74. The van der Waals surface area contributed by atoms with Crippen molar-refractivity contribution in [3.63, 3.8) is 0 Å².